The Morgan fingerprint density at radius 3 is 1.08 bits per heavy atom. The van der Waals surface area contributed by atoms with E-state index in [4.69, 9.17) is 10.1 Å². The van der Waals surface area contributed by atoms with Crippen LogP contribution in [-0.4, -0.2) is 17.8 Å². The minimum absolute atomic E-state index is 0. The Labute approximate surface area is 111 Å². The van der Waals surface area contributed by atoms with Crippen molar-refractivity contribution >= 4 is 5.78 Å². The van der Waals surface area contributed by atoms with Crippen LogP contribution in [0.25, 0.3) is 0 Å². The van der Waals surface area contributed by atoms with Crippen molar-refractivity contribution in [2.75, 3.05) is 7.05 Å². The molecular formula is C8H21ArNO3. The first-order valence-corrected chi connectivity index (χ1v) is 4.02. The molecule has 0 aromatic heterocycles. The van der Waals surface area contributed by atoms with E-state index >= 15 is 0 Å². The number of nitro groups is 1. The molecule has 0 fully saturated rings. The van der Waals surface area contributed by atoms with Crippen LogP contribution in [0, 0.1) is 47.9 Å². The second-order valence-corrected chi connectivity index (χ2v) is 1.35. The summed E-state index contributed by atoms with van der Waals surface area (Å²) in [4.78, 5) is 17.8. The Hall–Kier alpha value is 0.330. The molecule has 0 aromatic carbocycles. The van der Waals surface area contributed by atoms with Gasteiger partial charge in [-0.25, -0.2) is 0 Å². The van der Waals surface area contributed by atoms with Crippen molar-refractivity contribution < 1.29 is 47.5 Å². The monoisotopic (exact) mass is 219 g/mol. The van der Waals surface area contributed by atoms with Crippen molar-refractivity contribution in [3.8, 4) is 0 Å². The Morgan fingerprint density at radius 1 is 1.08 bits per heavy atom. The van der Waals surface area contributed by atoms with Crippen molar-refractivity contribution in [1.29, 1.82) is 0 Å². The smallest absolute Gasteiger partial charge is 0.194 e. The molecule has 0 heterocycles. The van der Waals surface area contributed by atoms with Gasteiger partial charge in [0.05, 0.1) is 0 Å². The number of hydrogen-bond acceptors (Lipinski definition) is 3. The fourth-order valence-corrected chi connectivity index (χ4v) is 0. The average molecular weight is 219 g/mol. The summed E-state index contributed by atoms with van der Waals surface area (Å²) in [6, 6.07) is 0. The first-order chi connectivity index (χ1) is 5.46. The Kier molecular flexibility index (Phi) is 88.7. The van der Waals surface area contributed by atoms with Gasteiger partial charge in [-0.1, -0.05) is 27.7 Å². The summed E-state index contributed by atoms with van der Waals surface area (Å²) in [5.74, 6) is 0.167. The summed E-state index contributed by atoms with van der Waals surface area (Å²) < 4.78 is 0. The number of Topliss-reactive ketones (excluding diaryl/α,β-unsaturated/α-hetero) is 1. The largest absolute Gasteiger partial charge is 0.300 e. The van der Waals surface area contributed by atoms with Gasteiger partial charge in [0.1, 0.15) is 5.78 Å². The molecule has 0 aliphatic carbocycles. The summed E-state index contributed by atoms with van der Waals surface area (Å²) in [6.45, 7) is 11.1. The SMILES string of the molecule is CC.CC.CC(C)=O.C[N+](=O)[O-].[Ar]. The van der Waals surface area contributed by atoms with E-state index in [1.54, 1.807) is 0 Å². The van der Waals surface area contributed by atoms with Crippen LogP contribution in [0.15, 0.2) is 0 Å². The summed E-state index contributed by atoms with van der Waals surface area (Å²) >= 11 is 0. The molecule has 4 nitrogen and oxygen atoms in total. The molecule has 5 heteroatoms. The van der Waals surface area contributed by atoms with Crippen molar-refractivity contribution in [3.63, 3.8) is 0 Å². The topological polar surface area (TPSA) is 60.2 Å². The maximum absolute atomic E-state index is 9.44. The van der Waals surface area contributed by atoms with Gasteiger partial charge in [-0.3, -0.25) is 10.1 Å². The molecule has 84 valence electrons. The van der Waals surface area contributed by atoms with Gasteiger partial charge in [-0.15, -0.1) is 0 Å². The predicted octanol–water partition coefficient (Wildman–Crippen LogP) is 2.54. The zero-order valence-corrected chi connectivity index (χ0v) is 10.2. The number of carbonyl (C=O) groups excluding carboxylic acids is 1. The Balaban J connectivity index is -0.0000000226. The van der Waals surface area contributed by atoms with E-state index < -0.39 is 4.92 Å². The molecule has 0 saturated carbocycles. The van der Waals surface area contributed by atoms with Gasteiger partial charge in [0.15, 0.2) is 7.05 Å². The summed E-state index contributed by atoms with van der Waals surface area (Å²) in [5.41, 5.74) is 0. The number of carbonyl (C=O) groups is 1. The van der Waals surface area contributed by atoms with Crippen LogP contribution >= 0.6 is 0 Å². The number of hydrogen-bond donors (Lipinski definition) is 0. The zero-order chi connectivity index (χ0) is 11.2. The molecule has 0 radical (unpaired) electrons. The van der Waals surface area contributed by atoms with E-state index in [0.717, 1.165) is 7.05 Å². The van der Waals surface area contributed by atoms with Gasteiger partial charge >= 0.3 is 0 Å². The van der Waals surface area contributed by atoms with Gasteiger partial charge in [0.25, 0.3) is 0 Å². The van der Waals surface area contributed by atoms with Crippen LogP contribution in [0.5, 0.6) is 0 Å². The molecule has 0 amide bonds. The molecule has 13 heavy (non-hydrogen) atoms. The Morgan fingerprint density at radius 2 is 1.08 bits per heavy atom. The second-order valence-electron chi connectivity index (χ2n) is 1.35. The van der Waals surface area contributed by atoms with Crippen molar-refractivity contribution in [2.24, 2.45) is 0 Å². The van der Waals surface area contributed by atoms with Gasteiger partial charge in [-0.2, -0.15) is 0 Å². The second kappa shape index (κ2) is 39.5. The van der Waals surface area contributed by atoms with E-state index in [-0.39, 0.29) is 43.5 Å². The third-order valence-electron chi connectivity index (χ3n) is 0. The first kappa shape index (κ1) is 29.2. The standard InChI is InChI=1S/C3H6O.2C2H6.CH3NO2.Ar/c1-3(2)4;2*1-2;1-2(3)4;/h1-2H3;2*1-2H3;1H3;. The predicted molar refractivity (Wildman–Crippen MR) is 52.0 cm³/mol. The fraction of sp³-hybridized carbons (Fsp3) is 0.875. The van der Waals surface area contributed by atoms with Crippen molar-refractivity contribution in [3.05, 3.63) is 10.1 Å². The number of rotatable bonds is 0. The number of ketones is 1. The minimum Gasteiger partial charge on any atom is -0.300 e. The third-order valence-corrected chi connectivity index (χ3v) is 0. The summed E-state index contributed by atoms with van der Waals surface area (Å²) in [7, 11) is 0.889. The van der Waals surface area contributed by atoms with Gasteiger partial charge in [0.2, 0.25) is 0 Å². The summed E-state index contributed by atoms with van der Waals surface area (Å²) in [6.07, 6.45) is 0. The van der Waals surface area contributed by atoms with Gasteiger partial charge in [0, 0.05) is 42.7 Å². The van der Waals surface area contributed by atoms with Gasteiger partial charge in [-0.05, 0) is 13.8 Å². The summed E-state index contributed by atoms with van der Waals surface area (Å²) in [5, 5.41) is 8.81. The van der Waals surface area contributed by atoms with Crippen LogP contribution in [-0.2, 0) is 4.79 Å². The van der Waals surface area contributed by atoms with Crippen LogP contribution in [0.4, 0.5) is 0 Å². The van der Waals surface area contributed by atoms with E-state index in [2.05, 4.69) is 0 Å². The van der Waals surface area contributed by atoms with Crippen LogP contribution < -0.4 is 0 Å². The molecule has 0 atom stereocenters. The first-order valence-electron chi connectivity index (χ1n) is 4.02. The molecule has 0 rings (SSSR count). The fourth-order valence-electron chi connectivity index (χ4n) is 0. The van der Waals surface area contributed by atoms with E-state index in [1.807, 2.05) is 27.7 Å². The van der Waals surface area contributed by atoms with Gasteiger partial charge < -0.3 is 4.79 Å². The van der Waals surface area contributed by atoms with Crippen LogP contribution in [0.2, 0.25) is 0 Å². The van der Waals surface area contributed by atoms with Crippen LogP contribution in [0.3, 0.4) is 0 Å². The molecule has 0 N–H and O–H groups in total. The van der Waals surface area contributed by atoms with E-state index in [0.29, 0.717) is 0 Å². The molecule has 0 spiro atoms. The molecule has 0 aromatic rings. The Bertz CT molecular complexity index is 77.4. The minimum atomic E-state index is -0.500. The maximum Gasteiger partial charge on any atom is 0.194 e. The maximum atomic E-state index is 9.44. The van der Waals surface area contributed by atoms with Crippen molar-refractivity contribution in [2.45, 2.75) is 41.5 Å². The van der Waals surface area contributed by atoms with E-state index in [1.165, 1.54) is 13.8 Å². The molecule has 0 unspecified atom stereocenters. The number of nitrogens with zero attached hydrogens (tertiary/aromatic N) is 1. The van der Waals surface area contributed by atoms with E-state index in [9.17, 15) is 4.79 Å². The normalized spacial score (nSPS) is 4.85. The van der Waals surface area contributed by atoms with Crippen LogP contribution in [0.1, 0.15) is 41.5 Å². The molecule has 0 saturated heterocycles. The third kappa shape index (κ3) is 12100. The molecule has 0 bridgehead atoms. The quantitative estimate of drug-likeness (QED) is 0.464. The van der Waals surface area contributed by atoms with Crippen molar-refractivity contribution in [1.82, 2.24) is 0 Å². The zero-order valence-electron chi connectivity index (χ0n) is 9.53. The molecular weight excluding hydrogens is 198 g/mol. The molecule has 0 aliphatic rings. The molecule has 0 aliphatic heterocycles. The average Bonchev–Trinajstić information content (AvgIpc) is 1.93.